The topological polar surface area (TPSA) is 69.6 Å². The molecule has 33 heavy (non-hydrogen) atoms. The van der Waals surface area contributed by atoms with Crippen molar-refractivity contribution in [3.63, 3.8) is 0 Å². The van der Waals surface area contributed by atoms with E-state index in [4.69, 9.17) is 5.11 Å². The minimum atomic E-state index is -0.671. The van der Waals surface area contributed by atoms with E-state index in [1.54, 1.807) is 5.57 Å². The Morgan fingerprint density at radius 3 is 2.67 bits per heavy atom. The van der Waals surface area contributed by atoms with Crippen LogP contribution in [0.4, 0.5) is 0 Å². The fourth-order valence-electron chi connectivity index (χ4n) is 8.97. The number of allylic oxidation sites excluding steroid dienone is 1. The molecule has 3 fully saturated rings. The molecule has 0 radical (unpaired) electrons. The number of fused-ring (bicyclic) bond motifs is 5. The van der Waals surface area contributed by atoms with Crippen LogP contribution < -0.4 is 5.32 Å². The molecule has 188 valence electrons. The van der Waals surface area contributed by atoms with Gasteiger partial charge in [-0.05, 0) is 118 Å². The Bertz CT molecular complexity index is 720. The van der Waals surface area contributed by atoms with Crippen molar-refractivity contribution in [2.24, 2.45) is 40.4 Å². The monoisotopic (exact) mass is 459 g/mol. The number of rotatable bonds is 10. The van der Waals surface area contributed by atoms with Crippen molar-refractivity contribution in [1.29, 1.82) is 0 Å². The molecule has 3 N–H and O–H groups in total. The van der Waals surface area contributed by atoms with Gasteiger partial charge in [0, 0.05) is 6.42 Å². The van der Waals surface area contributed by atoms with Crippen LogP contribution in [0.1, 0.15) is 104 Å². The van der Waals surface area contributed by atoms with Gasteiger partial charge >= 0.3 is 5.97 Å². The smallest absolute Gasteiger partial charge is 0.303 e. The number of carboxylic acids is 1. The summed E-state index contributed by atoms with van der Waals surface area (Å²) < 4.78 is 0. The van der Waals surface area contributed by atoms with Gasteiger partial charge in [0.1, 0.15) is 0 Å². The molecule has 0 aromatic carbocycles. The van der Waals surface area contributed by atoms with E-state index in [9.17, 15) is 9.90 Å². The summed E-state index contributed by atoms with van der Waals surface area (Å²) in [6.07, 6.45) is 16.8. The number of carboxylic acid groups (broad SMARTS) is 1. The summed E-state index contributed by atoms with van der Waals surface area (Å²) >= 11 is 0. The maximum absolute atomic E-state index is 10.6. The number of aliphatic hydroxyl groups is 1. The molecule has 8 atom stereocenters. The van der Waals surface area contributed by atoms with E-state index in [0.29, 0.717) is 17.3 Å². The molecule has 0 heterocycles. The van der Waals surface area contributed by atoms with Gasteiger partial charge in [-0.25, -0.2) is 0 Å². The first-order valence-electron chi connectivity index (χ1n) is 14.1. The molecule has 0 spiro atoms. The normalized spacial score (nSPS) is 41.0. The van der Waals surface area contributed by atoms with Gasteiger partial charge in [-0.1, -0.05) is 45.3 Å². The quantitative estimate of drug-likeness (QED) is 0.269. The molecular weight excluding hydrogens is 410 g/mol. The van der Waals surface area contributed by atoms with Gasteiger partial charge in [0.15, 0.2) is 0 Å². The minimum absolute atomic E-state index is 0.108. The summed E-state index contributed by atoms with van der Waals surface area (Å²) in [6, 6.07) is 0. The molecular formula is C29H49NO3. The lowest BCUT2D eigenvalue weighted by Crippen LogP contribution is -2.51. The summed E-state index contributed by atoms with van der Waals surface area (Å²) in [5.41, 5.74) is 2.43. The Morgan fingerprint density at radius 2 is 1.88 bits per heavy atom. The second-order valence-corrected chi connectivity index (χ2v) is 12.6. The Hall–Kier alpha value is -0.870. The summed E-state index contributed by atoms with van der Waals surface area (Å²) in [5, 5.41) is 22.7. The molecule has 3 saturated carbocycles. The molecule has 0 aromatic heterocycles. The Labute approximate surface area is 202 Å². The van der Waals surface area contributed by atoms with E-state index in [0.717, 1.165) is 81.2 Å². The largest absolute Gasteiger partial charge is 0.481 e. The molecule has 4 heteroatoms. The van der Waals surface area contributed by atoms with E-state index in [1.165, 1.54) is 38.5 Å². The van der Waals surface area contributed by atoms with Crippen LogP contribution in [0.15, 0.2) is 11.6 Å². The van der Waals surface area contributed by atoms with E-state index >= 15 is 0 Å². The highest BCUT2D eigenvalue weighted by Crippen LogP contribution is 2.67. The summed E-state index contributed by atoms with van der Waals surface area (Å²) in [4.78, 5) is 10.6. The maximum Gasteiger partial charge on any atom is 0.303 e. The standard InChI is InChI=1S/C29H49NO3/c1-20(19-30-17-7-5-4-6-8-27(32)33)24-11-12-25-23-10-9-21-18-22(31)13-15-28(21,2)26(23)14-16-29(24,25)3/h9,20,22-26,30-31H,4-8,10-19H2,1-3H3,(H,32,33)/t20-,22+,23+,24-,25+,26+,28+,29-/m1/s1. The second kappa shape index (κ2) is 10.4. The highest BCUT2D eigenvalue weighted by molar-refractivity contribution is 5.66. The summed E-state index contributed by atoms with van der Waals surface area (Å²) in [7, 11) is 0. The highest BCUT2D eigenvalue weighted by Gasteiger charge is 2.59. The Morgan fingerprint density at radius 1 is 1.09 bits per heavy atom. The third-order valence-electron chi connectivity index (χ3n) is 10.8. The zero-order valence-corrected chi connectivity index (χ0v) is 21.5. The molecule has 4 rings (SSSR count). The fraction of sp³-hybridized carbons (Fsp3) is 0.897. The number of aliphatic hydroxyl groups excluding tert-OH is 1. The van der Waals surface area contributed by atoms with Gasteiger partial charge in [0.05, 0.1) is 6.10 Å². The van der Waals surface area contributed by atoms with Crippen molar-refractivity contribution >= 4 is 5.97 Å². The molecule has 0 aliphatic heterocycles. The number of nitrogens with one attached hydrogen (secondary N) is 1. The summed E-state index contributed by atoms with van der Waals surface area (Å²) in [6.45, 7) is 9.83. The van der Waals surface area contributed by atoms with Crippen LogP contribution >= 0.6 is 0 Å². The third-order valence-corrected chi connectivity index (χ3v) is 10.8. The van der Waals surface area contributed by atoms with Crippen molar-refractivity contribution in [2.75, 3.05) is 13.1 Å². The molecule has 0 aromatic rings. The highest BCUT2D eigenvalue weighted by atomic mass is 16.4. The van der Waals surface area contributed by atoms with Gasteiger partial charge in [0.25, 0.3) is 0 Å². The Balaban J connectivity index is 1.28. The second-order valence-electron chi connectivity index (χ2n) is 12.6. The van der Waals surface area contributed by atoms with Crippen molar-refractivity contribution < 1.29 is 15.0 Å². The first-order valence-corrected chi connectivity index (χ1v) is 14.1. The van der Waals surface area contributed by atoms with Crippen LogP contribution in [0.5, 0.6) is 0 Å². The average molecular weight is 460 g/mol. The maximum atomic E-state index is 10.6. The molecule has 0 bridgehead atoms. The molecule has 4 aliphatic rings. The van der Waals surface area contributed by atoms with Crippen LogP contribution in [0.25, 0.3) is 0 Å². The van der Waals surface area contributed by atoms with Crippen LogP contribution in [-0.4, -0.2) is 35.4 Å². The number of hydrogen-bond donors (Lipinski definition) is 3. The van der Waals surface area contributed by atoms with E-state index < -0.39 is 5.97 Å². The Kier molecular flexibility index (Phi) is 7.95. The predicted molar refractivity (Wildman–Crippen MR) is 134 cm³/mol. The van der Waals surface area contributed by atoms with Gasteiger partial charge in [-0.15, -0.1) is 0 Å². The van der Waals surface area contributed by atoms with E-state index in [1.807, 2.05) is 0 Å². The van der Waals surface area contributed by atoms with Crippen molar-refractivity contribution in [3.05, 3.63) is 11.6 Å². The summed E-state index contributed by atoms with van der Waals surface area (Å²) in [5.74, 6) is 3.44. The lowest BCUT2D eigenvalue weighted by Gasteiger charge is -2.58. The van der Waals surface area contributed by atoms with E-state index in [2.05, 4.69) is 32.2 Å². The number of aliphatic carboxylic acids is 1. The lowest BCUT2D eigenvalue weighted by atomic mass is 9.47. The molecule has 4 aliphatic carbocycles. The number of carbonyl (C=O) groups is 1. The number of hydrogen-bond acceptors (Lipinski definition) is 3. The van der Waals surface area contributed by atoms with Crippen molar-refractivity contribution in [1.82, 2.24) is 5.32 Å². The molecule has 4 nitrogen and oxygen atoms in total. The zero-order valence-electron chi connectivity index (χ0n) is 21.5. The van der Waals surface area contributed by atoms with Crippen LogP contribution in [0.2, 0.25) is 0 Å². The lowest BCUT2D eigenvalue weighted by molar-refractivity contribution is -0.137. The molecule has 0 unspecified atom stereocenters. The van der Waals surface area contributed by atoms with Gasteiger partial charge in [-0.2, -0.15) is 0 Å². The molecule has 0 amide bonds. The van der Waals surface area contributed by atoms with Crippen LogP contribution in [0, 0.1) is 40.4 Å². The van der Waals surface area contributed by atoms with Crippen LogP contribution in [-0.2, 0) is 4.79 Å². The van der Waals surface area contributed by atoms with Crippen molar-refractivity contribution in [3.8, 4) is 0 Å². The first-order chi connectivity index (χ1) is 15.8. The van der Waals surface area contributed by atoms with Crippen molar-refractivity contribution in [2.45, 2.75) is 110 Å². The van der Waals surface area contributed by atoms with Gasteiger partial charge in [0.2, 0.25) is 0 Å². The zero-order chi connectivity index (χ0) is 23.6. The SMILES string of the molecule is C[C@H](CNCCCCCCC(=O)O)[C@H]1CC[C@H]2[C@@H]3CC=C4C[C@@H](O)CC[C@]4(C)[C@H]3CC[C@]12C. The third kappa shape index (κ3) is 5.08. The van der Waals surface area contributed by atoms with Gasteiger partial charge < -0.3 is 15.5 Å². The minimum Gasteiger partial charge on any atom is -0.481 e. The fourth-order valence-corrected chi connectivity index (χ4v) is 8.97. The van der Waals surface area contributed by atoms with Gasteiger partial charge in [-0.3, -0.25) is 4.79 Å². The van der Waals surface area contributed by atoms with Crippen LogP contribution in [0.3, 0.4) is 0 Å². The first kappa shape index (κ1) is 25.2. The molecule has 0 saturated heterocycles. The predicted octanol–water partition coefficient (Wildman–Crippen LogP) is 6.19. The number of unbranched alkanes of at least 4 members (excludes halogenated alkanes) is 3. The average Bonchev–Trinajstić information content (AvgIpc) is 3.13. The van der Waals surface area contributed by atoms with E-state index in [-0.39, 0.29) is 6.10 Å².